The summed E-state index contributed by atoms with van der Waals surface area (Å²) in [6.07, 6.45) is 9.16. The first-order valence-corrected chi connectivity index (χ1v) is 14.2. The predicted molar refractivity (Wildman–Crippen MR) is 143 cm³/mol. The van der Waals surface area contributed by atoms with E-state index in [1.165, 1.54) is 25.7 Å². The van der Waals surface area contributed by atoms with Crippen molar-refractivity contribution >= 4 is 29.1 Å². The zero-order valence-electron chi connectivity index (χ0n) is 22.2. The fraction of sp³-hybridized carbons (Fsp3) is 0.679. The monoisotopic (exact) mass is 508 g/mol. The van der Waals surface area contributed by atoms with Crippen LogP contribution in [0.4, 0.5) is 10.8 Å². The Morgan fingerprint density at radius 1 is 0.973 bits per heavy atom. The molecule has 3 atom stereocenters. The van der Waals surface area contributed by atoms with Crippen molar-refractivity contribution in [2.24, 2.45) is 0 Å². The topological polar surface area (TPSA) is 85.2 Å². The van der Waals surface area contributed by atoms with Gasteiger partial charge in [-0.05, 0) is 71.0 Å². The lowest BCUT2D eigenvalue weighted by atomic mass is 9.82. The molecule has 200 valence electrons. The molecule has 9 nitrogen and oxygen atoms in total. The van der Waals surface area contributed by atoms with Gasteiger partial charge in [0.15, 0.2) is 5.58 Å². The highest BCUT2D eigenvalue weighted by Gasteiger charge is 2.37. The number of amides is 3. The number of piperidine rings is 3. The summed E-state index contributed by atoms with van der Waals surface area (Å²) in [5.74, 6) is -0.0666. The molecule has 4 fully saturated rings. The maximum atomic E-state index is 13.4. The molecule has 6 rings (SSSR count). The second-order valence-corrected chi connectivity index (χ2v) is 11.5. The standard InChI is InChI=1S/C28H40N6O3/c1-19-18-33(28(36)32-12-4-3-5-13-32)14-15-34(19)27-30-25-23(10-7-11-24(25)37-27)26(35)29-20-16-21-8-6-9-22(17-20)31(21)2/h7,10-11,19-22H,3-6,8-9,12-18H2,1-2H3,(H,29,35)/t19-,20?,21?,22?/m0/s1. The van der Waals surface area contributed by atoms with Crippen LogP contribution in [0.25, 0.3) is 11.1 Å². The molecule has 1 aromatic carbocycles. The van der Waals surface area contributed by atoms with Crippen LogP contribution in [0.1, 0.15) is 68.6 Å². The zero-order valence-corrected chi connectivity index (χ0v) is 22.2. The number of urea groups is 1. The van der Waals surface area contributed by atoms with Gasteiger partial charge >= 0.3 is 6.03 Å². The lowest BCUT2D eigenvalue weighted by Crippen LogP contribution is -2.57. The Morgan fingerprint density at radius 3 is 2.46 bits per heavy atom. The van der Waals surface area contributed by atoms with E-state index in [4.69, 9.17) is 9.40 Å². The lowest BCUT2D eigenvalue weighted by Gasteiger charge is -2.47. The molecule has 1 N–H and O–H groups in total. The SMILES string of the molecule is C[C@H]1CN(C(=O)N2CCCCC2)CCN1c1nc2c(C(=O)NC3CC4CCCC(C3)N4C)cccc2o1. The summed E-state index contributed by atoms with van der Waals surface area (Å²) in [5.41, 5.74) is 1.81. The number of aromatic nitrogens is 1. The average Bonchev–Trinajstić information content (AvgIpc) is 3.33. The van der Waals surface area contributed by atoms with E-state index in [9.17, 15) is 9.59 Å². The van der Waals surface area contributed by atoms with Crippen LogP contribution in [0.3, 0.4) is 0 Å². The van der Waals surface area contributed by atoms with E-state index < -0.39 is 0 Å². The Bertz CT molecular complexity index is 1130. The van der Waals surface area contributed by atoms with E-state index in [1.54, 1.807) is 0 Å². The minimum atomic E-state index is -0.0666. The van der Waals surface area contributed by atoms with Crippen molar-refractivity contribution in [2.45, 2.75) is 82.5 Å². The number of likely N-dealkylation sites (tertiary alicyclic amines) is 1. The maximum Gasteiger partial charge on any atom is 0.320 e. The maximum absolute atomic E-state index is 13.4. The highest BCUT2D eigenvalue weighted by Crippen LogP contribution is 2.33. The first-order valence-electron chi connectivity index (χ1n) is 14.2. The van der Waals surface area contributed by atoms with Crippen molar-refractivity contribution in [2.75, 3.05) is 44.7 Å². The van der Waals surface area contributed by atoms with Crippen LogP contribution in [0, 0.1) is 0 Å². The van der Waals surface area contributed by atoms with Crippen molar-refractivity contribution in [3.63, 3.8) is 0 Å². The van der Waals surface area contributed by atoms with Gasteiger partial charge in [-0.3, -0.25) is 4.79 Å². The Kier molecular flexibility index (Phi) is 6.73. The van der Waals surface area contributed by atoms with Gasteiger partial charge in [0.1, 0.15) is 5.52 Å². The minimum absolute atomic E-state index is 0.0666. The summed E-state index contributed by atoms with van der Waals surface area (Å²) in [4.78, 5) is 39.8. The predicted octanol–water partition coefficient (Wildman–Crippen LogP) is 3.69. The van der Waals surface area contributed by atoms with Gasteiger partial charge < -0.3 is 29.3 Å². The number of hydrogen-bond donors (Lipinski definition) is 1. The number of anilines is 1. The summed E-state index contributed by atoms with van der Waals surface area (Å²) in [7, 11) is 2.23. The van der Waals surface area contributed by atoms with Crippen molar-refractivity contribution in [3.8, 4) is 0 Å². The van der Waals surface area contributed by atoms with Gasteiger partial charge in [0.25, 0.3) is 11.9 Å². The van der Waals surface area contributed by atoms with Crippen molar-refractivity contribution < 1.29 is 14.0 Å². The molecule has 0 radical (unpaired) electrons. The molecule has 1 aromatic heterocycles. The quantitative estimate of drug-likeness (QED) is 0.681. The molecule has 2 aromatic rings. The largest absolute Gasteiger partial charge is 0.423 e. The van der Waals surface area contributed by atoms with Crippen LogP contribution in [0.15, 0.2) is 22.6 Å². The Morgan fingerprint density at radius 2 is 1.73 bits per heavy atom. The van der Waals surface area contributed by atoms with Crippen molar-refractivity contribution in [3.05, 3.63) is 23.8 Å². The zero-order chi connectivity index (χ0) is 25.5. The highest BCUT2D eigenvalue weighted by atomic mass is 16.4. The number of para-hydroxylation sites is 1. The Balaban J connectivity index is 1.14. The van der Waals surface area contributed by atoms with Crippen LogP contribution in [0.2, 0.25) is 0 Å². The summed E-state index contributed by atoms with van der Waals surface area (Å²) in [6.45, 7) is 5.77. The number of carbonyl (C=O) groups is 2. The molecule has 4 aliphatic rings. The molecule has 0 saturated carbocycles. The van der Waals surface area contributed by atoms with E-state index in [-0.39, 0.29) is 24.0 Å². The van der Waals surface area contributed by atoms with Crippen LogP contribution in [-0.4, -0.2) is 95.6 Å². The summed E-state index contributed by atoms with van der Waals surface area (Å²) < 4.78 is 6.16. The number of oxazole rings is 1. The minimum Gasteiger partial charge on any atom is -0.423 e. The second-order valence-electron chi connectivity index (χ2n) is 11.5. The van der Waals surface area contributed by atoms with Crippen LogP contribution in [0.5, 0.6) is 0 Å². The molecule has 9 heteroatoms. The molecule has 2 unspecified atom stereocenters. The number of fused-ring (bicyclic) bond motifs is 3. The second kappa shape index (κ2) is 10.2. The number of carbonyl (C=O) groups excluding carboxylic acids is 2. The van der Waals surface area contributed by atoms with Gasteiger partial charge in [0.2, 0.25) is 0 Å². The van der Waals surface area contributed by atoms with E-state index in [1.807, 2.05) is 28.0 Å². The first kappa shape index (κ1) is 24.5. The molecule has 3 amide bonds. The first-order chi connectivity index (χ1) is 18.0. The van der Waals surface area contributed by atoms with Crippen LogP contribution >= 0.6 is 0 Å². The van der Waals surface area contributed by atoms with Gasteiger partial charge in [0, 0.05) is 56.9 Å². The van der Waals surface area contributed by atoms with Gasteiger partial charge in [-0.25, -0.2) is 4.79 Å². The molecule has 2 bridgehead atoms. The highest BCUT2D eigenvalue weighted by molar-refractivity contribution is 6.04. The average molecular weight is 509 g/mol. The third-order valence-electron chi connectivity index (χ3n) is 9.10. The summed E-state index contributed by atoms with van der Waals surface area (Å²) in [5, 5.41) is 3.31. The third-order valence-corrected chi connectivity index (χ3v) is 9.10. The molecule has 4 aliphatic heterocycles. The van der Waals surface area contributed by atoms with Crippen LogP contribution in [-0.2, 0) is 0 Å². The number of rotatable bonds is 3. The summed E-state index contributed by atoms with van der Waals surface area (Å²) >= 11 is 0. The van der Waals surface area contributed by atoms with E-state index in [2.05, 4.69) is 29.1 Å². The fourth-order valence-corrected chi connectivity index (χ4v) is 6.94. The molecule has 37 heavy (non-hydrogen) atoms. The number of hydrogen-bond acceptors (Lipinski definition) is 6. The Hall–Kier alpha value is -2.81. The molecule has 0 aliphatic carbocycles. The summed E-state index contributed by atoms with van der Waals surface area (Å²) in [6, 6.07) is 7.68. The number of nitrogens with one attached hydrogen (secondary N) is 1. The number of nitrogens with zero attached hydrogens (tertiary/aromatic N) is 5. The van der Waals surface area contributed by atoms with Crippen LogP contribution < -0.4 is 10.2 Å². The molecule has 5 heterocycles. The van der Waals surface area contributed by atoms with Crippen molar-refractivity contribution in [1.82, 2.24) is 25.0 Å². The van der Waals surface area contributed by atoms with Gasteiger partial charge in [-0.1, -0.05) is 12.5 Å². The molecule has 0 spiro atoms. The van der Waals surface area contributed by atoms with E-state index >= 15 is 0 Å². The molecule has 4 saturated heterocycles. The lowest BCUT2D eigenvalue weighted by molar-refractivity contribution is 0.0463. The van der Waals surface area contributed by atoms with E-state index in [0.717, 1.165) is 38.8 Å². The molecular formula is C28H40N6O3. The normalized spacial score (nSPS) is 29.0. The van der Waals surface area contributed by atoms with Crippen molar-refractivity contribution in [1.29, 1.82) is 0 Å². The third kappa shape index (κ3) is 4.78. The Labute approximate surface area is 219 Å². The van der Waals surface area contributed by atoms with Gasteiger partial charge in [0.05, 0.1) is 5.56 Å². The van der Waals surface area contributed by atoms with Gasteiger partial charge in [-0.15, -0.1) is 0 Å². The number of benzene rings is 1. The van der Waals surface area contributed by atoms with E-state index in [0.29, 0.717) is 54.4 Å². The molecular weight excluding hydrogens is 468 g/mol. The fourth-order valence-electron chi connectivity index (χ4n) is 6.94. The smallest absolute Gasteiger partial charge is 0.320 e. The van der Waals surface area contributed by atoms with Gasteiger partial charge in [-0.2, -0.15) is 4.98 Å². The number of piperazine rings is 1.